The fraction of sp³-hybridized carbons (Fsp3) is 0.692. The van der Waals surface area contributed by atoms with Crippen LogP contribution in [0.1, 0.15) is 49.9 Å². The molecule has 1 unspecified atom stereocenters. The van der Waals surface area contributed by atoms with E-state index in [4.69, 9.17) is 11.6 Å². The van der Waals surface area contributed by atoms with Crippen molar-refractivity contribution >= 4 is 22.9 Å². The molecule has 0 spiro atoms. The lowest BCUT2D eigenvalue weighted by atomic mass is 9.96. The monoisotopic (exact) mass is 257 g/mol. The molecule has 3 heteroatoms. The number of rotatable bonds is 5. The summed E-state index contributed by atoms with van der Waals surface area (Å²) in [6.45, 7) is 3.33. The minimum atomic E-state index is 0.542. The topological polar surface area (TPSA) is 12.0 Å². The zero-order valence-electron chi connectivity index (χ0n) is 9.84. The molecular formula is C13H20ClNS. The minimum Gasteiger partial charge on any atom is -0.309 e. The van der Waals surface area contributed by atoms with Crippen LogP contribution in [0.15, 0.2) is 12.1 Å². The molecule has 1 aliphatic carbocycles. The Kier molecular flexibility index (Phi) is 4.68. The van der Waals surface area contributed by atoms with E-state index in [0.717, 1.165) is 16.8 Å². The summed E-state index contributed by atoms with van der Waals surface area (Å²) in [5.74, 6) is 0.821. The average Bonchev–Trinajstić information content (AvgIpc) is 2.91. The highest BCUT2D eigenvalue weighted by atomic mass is 35.5. The van der Waals surface area contributed by atoms with Crippen molar-refractivity contribution in [2.75, 3.05) is 6.54 Å². The second kappa shape index (κ2) is 6.04. The van der Waals surface area contributed by atoms with E-state index in [0.29, 0.717) is 6.04 Å². The predicted octanol–water partition coefficient (Wildman–Crippen LogP) is 4.63. The second-order valence-electron chi connectivity index (χ2n) is 4.62. The van der Waals surface area contributed by atoms with Crippen LogP contribution in [0.25, 0.3) is 0 Å². The molecule has 16 heavy (non-hydrogen) atoms. The Morgan fingerprint density at radius 3 is 2.75 bits per heavy atom. The van der Waals surface area contributed by atoms with Crippen molar-refractivity contribution in [2.24, 2.45) is 5.92 Å². The summed E-state index contributed by atoms with van der Waals surface area (Å²) in [6, 6.07) is 4.76. The minimum absolute atomic E-state index is 0.542. The van der Waals surface area contributed by atoms with Gasteiger partial charge in [-0.1, -0.05) is 31.4 Å². The quantitative estimate of drug-likeness (QED) is 0.811. The lowest BCUT2D eigenvalue weighted by Gasteiger charge is -2.23. The predicted molar refractivity (Wildman–Crippen MR) is 72.3 cm³/mol. The summed E-state index contributed by atoms with van der Waals surface area (Å²) < 4.78 is 0.913. The zero-order valence-corrected chi connectivity index (χ0v) is 11.4. The summed E-state index contributed by atoms with van der Waals surface area (Å²) in [4.78, 5) is 1.42. The molecule has 1 nitrogen and oxygen atoms in total. The molecule has 1 aromatic heterocycles. The van der Waals surface area contributed by atoms with Crippen molar-refractivity contribution in [3.8, 4) is 0 Å². The van der Waals surface area contributed by atoms with Crippen LogP contribution in [0.5, 0.6) is 0 Å². The van der Waals surface area contributed by atoms with Gasteiger partial charge < -0.3 is 5.32 Å². The number of hydrogen-bond donors (Lipinski definition) is 1. The summed E-state index contributed by atoms with van der Waals surface area (Å²) in [7, 11) is 0. The highest BCUT2D eigenvalue weighted by molar-refractivity contribution is 7.16. The number of halogens is 1. The molecule has 0 bridgehead atoms. The van der Waals surface area contributed by atoms with Gasteiger partial charge in [-0.25, -0.2) is 0 Å². The van der Waals surface area contributed by atoms with Gasteiger partial charge in [0.15, 0.2) is 0 Å². The highest BCUT2D eigenvalue weighted by Crippen LogP contribution is 2.39. The van der Waals surface area contributed by atoms with Gasteiger partial charge >= 0.3 is 0 Å². The molecule has 0 aliphatic heterocycles. The van der Waals surface area contributed by atoms with Gasteiger partial charge in [0, 0.05) is 10.9 Å². The largest absolute Gasteiger partial charge is 0.309 e. The van der Waals surface area contributed by atoms with Crippen molar-refractivity contribution in [3.63, 3.8) is 0 Å². The van der Waals surface area contributed by atoms with Crippen LogP contribution < -0.4 is 5.32 Å². The maximum Gasteiger partial charge on any atom is 0.0931 e. The SMILES string of the molecule is CCCNC(c1ccc(Cl)s1)C1CCCC1. The highest BCUT2D eigenvalue weighted by Gasteiger charge is 2.26. The second-order valence-corrected chi connectivity index (χ2v) is 6.36. The van der Waals surface area contributed by atoms with E-state index in [9.17, 15) is 0 Å². The molecule has 2 rings (SSSR count). The van der Waals surface area contributed by atoms with E-state index in [1.807, 2.05) is 6.07 Å². The van der Waals surface area contributed by atoms with Crippen molar-refractivity contribution in [2.45, 2.75) is 45.1 Å². The Hall–Kier alpha value is -0.0500. The van der Waals surface area contributed by atoms with E-state index in [1.165, 1.54) is 37.0 Å². The van der Waals surface area contributed by atoms with E-state index in [-0.39, 0.29) is 0 Å². The van der Waals surface area contributed by atoms with Gasteiger partial charge in [0.05, 0.1) is 4.34 Å². The fourth-order valence-corrected chi connectivity index (χ4v) is 3.82. The Balaban J connectivity index is 2.06. The molecule has 0 aromatic carbocycles. The van der Waals surface area contributed by atoms with E-state index in [2.05, 4.69) is 18.3 Å². The van der Waals surface area contributed by atoms with Crippen LogP contribution in [0.3, 0.4) is 0 Å². The molecule has 1 N–H and O–H groups in total. The van der Waals surface area contributed by atoms with Crippen LogP contribution in [0.4, 0.5) is 0 Å². The zero-order chi connectivity index (χ0) is 11.4. The average molecular weight is 258 g/mol. The van der Waals surface area contributed by atoms with Gasteiger partial charge in [-0.15, -0.1) is 11.3 Å². The molecule has 90 valence electrons. The van der Waals surface area contributed by atoms with Gasteiger partial charge in [-0.3, -0.25) is 0 Å². The number of thiophene rings is 1. The van der Waals surface area contributed by atoms with Crippen LogP contribution in [0, 0.1) is 5.92 Å². The molecule has 1 aliphatic rings. The van der Waals surface area contributed by atoms with Gasteiger partial charge in [-0.05, 0) is 43.9 Å². The van der Waals surface area contributed by atoms with Crippen LogP contribution in [-0.2, 0) is 0 Å². The van der Waals surface area contributed by atoms with Gasteiger partial charge in [0.1, 0.15) is 0 Å². The molecule has 1 atom stereocenters. The fourth-order valence-electron chi connectivity index (χ4n) is 2.59. The van der Waals surface area contributed by atoms with Crippen molar-refractivity contribution in [1.82, 2.24) is 5.32 Å². The molecule has 1 aromatic rings. The third-order valence-corrected chi connectivity index (χ3v) is 4.70. The first kappa shape index (κ1) is 12.4. The van der Waals surface area contributed by atoms with Crippen LogP contribution >= 0.6 is 22.9 Å². The first-order chi connectivity index (χ1) is 7.81. The van der Waals surface area contributed by atoms with Crippen LogP contribution in [0.2, 0.25) is 4.34 Å². The van der Waals surface area contributed by atoms with E-state index >= 15 is 0 Å². The Labute approximate surface area is 107 Å². The maximum atomic E-state index is 6.04. The maximum absolute atomic E-state index is 6.04. The van der Waals surface area contributed by atoms with Gasteiger partial charge in [-0.2, -0.15) is 0 Å². The van der Waals surface area contributed by atoms with E-state index in [1.54, 1.807) is 11.3 Å². The molecule has 0 amide bonds. The Morgan fingerprint density at radius 1 is 1.44 bits per heavy atom. The van der Waals surface area contributed by atoms with Crippen molar-refractivity contribution in [1.29, 1.82) is 0 Å². The first-order valence-electron chi connectivity index (χ1n) is 6.30. The number of nitrogens with one attached hydrogen (secondary N) is 1. The normalized spacial score (nSPS) is 19.1. The van der Waals surface area contributed by atoms with E-state index < -0.39 is 0 Å². The molecule has 1 saturated carbocycles. The third kappa shape index (κ3) is 2.99. The van der Waals surface area contributed by atoms with Gasteiger partial charge in [0.25, 0.3) is 0 Å². The Bertz CT molecular complexity index is 317. The first-order valence-corrected chi connectivity index (χ1v) is 7.49. The molecular weight excluding hydrogens is 238 g/mol. The molecule has 0 saturated heterocycles. The lowest BCUT2D eigenvalue weighted by Crippen LogP contribution is -2.27. The third-order valence-electron chi connectivity index (χ3n) is 3.39. The van der Waals surface area contributed by atoms with Gasteiger partial charge in [0.2, 0.25) is 0 Å². The Morgan fingerprint density at radius 2 is 2.19 bits per heavy atom. The lowest BCUT2D eigenvalue weighted by molar-refractivity contribution is 0.373. The molecule has 1 heterocycles. The molecule has 0 radical (unpaired) electrons. The summed E-state index contributed by atoms with van der Waals surface area (Å²) in [5, 5.41) is 3.69. The van der Waals surface area contributed by atoms with Crippen molar-refractivity contribution in [3.05, 3.63) is 21.3 Å². The smallest absolute Gasteiger partial charge is 0.0931 e. The summed E-state index contributed by atoms with van der Waals surface area (Å²) >= 11 is 7.77. The molecule has 1 fully saturated rings. The summed E-state index contributed by atoms with van der Waals surface area (Å²) in [6.07, 6.45) is 6.73. The van der Waals surface area contributed by atoms with Crippen molar-refractivity contribution < 1.29 is 0 Å². The van der Waals surface area contributed by atoms with Crippen LogP contribution in [-0.4, -0.2) is 6.54 Å². The standard InChI is InChI=1S/C13H20ClNS/c1-2-9-15-13(10-5-3-4-6-10)11-7-8-12(14)16-11/h7-8,10,13,15H,2-6,9H2,1H3. The number of hydrogen-bond acceptors (Lipinski definition) is 2. The summed E-state index contributed by atoms with van der Waals surface area (Å²) in [5.41, 5.74) is 0.